The van der Waals surface area contributed by atoms with Gasteiger partial charge in [0.15, 0.2) is 13.5 Å². The molecule has 1 saturated heterocycles. The van der Waals surface area contributed by atoms with Crippen LogP contribution in [0.25, 0.3) is 0 Å². The number of urea groups is 1. The van der Waals surface area contributed by atoms with Gasteiger partial charge in [0, 0.05) is 0 Å². The van der Waals surface area contributed by atoms with Crippen LogP contribution in [0.5, 0.6) is 0 Å². The third-order valence-corrected chi connectivity index (χ3v) is 2.82. The van der Waals surface area contributed by atoms with Crippen molar-refractivity contribution in [3.8, 4) is 0 Å². The van der Waals surface area contributed by atoms with Gasteiger partial charge < -0.3 is 10.1 Å². The quantitative estimate of drug-likeness (QED) is 0.820. The number of carbonyl (C=O) groups excluding carboxylic acids is 1. The Hall–Kier alpha value is -1.63. The molecule has 1 aliphatic heterocycles. The molecule has 0 radical (unpaired) electrons. The van der Waals surface area contributed by atoms with E-state index >= 15 is 0 Å². The van der Waals surface area contributed by atoms with Crippen molar-refractivity contribution in [3.63, 3.8) is 0 Å². The number of hydrogen-bond donors (Lipinski definition) is 1. The molecule has 2 rings (SSSR count). The van der Waals surface area contributed by atoms with Gasteiger partial charge >= 0.3 is 6.03 Å². The Labute approximate surface area is 112 Å². The highest BCUT2D eigenvalue weighted by molar-refractivity contribution is 5.74. The molecule has 1 heterocycles. The van der Waals surface area contributed by atoms with Crippen LogP contribution >= 0.6 is 0 Å². The minimum atomic E-state index is -0.215. The van der Waals surface area contributed by atoms with Gasteiger partial charge in [-0.2, -0.15) is 0 Å². The van der Waals surface area contributed by atoms with Crippen LogP contribution in [0, 0.1) is 0 Å². The zero-order valence-electron chi connectivity index (χ0n) is 10.9. The van der Waals surface area contributed by atoms with Crippen molar-refractivity contribution in [2.24, 2.45) is 0 Å². The standard InChI is InChI=1S/C13H18N2O4/c1-11(15-10-19-18-9-14-13(15)16)7-17-8-12-5-3-2-4-6-12/h2-6,11H,7-10H2,1H3,(H,14,16)/t11-/m1/s1. The molecule has 0 aliphatic carbocycles. The predicted octanol–water partition coefficient (Wildman–Crippen LogP) is 1.48. The van der Waals surface area contributed by atoms with Crippen molar-refractivity contribution in [2.45, 2.75) is 19.6 Å². The minimum absolute atomic E-state index is 0.0624. The summed E-state index contributed by atoms with van der Waals surface area (Å²) in [7, 11) is 0. The second-order valence-electron chi connectivity index (χ2n) is 4.31. The molecule has 2 amide bonds. The minimum Gasteiger partial charge on any atom is -0.375 e. The molecule has 1 aromatic rings. The van der Waals surface area contributed by atoms with Crippen molar-refractivity contribution >= 4 is 6.03 Å². The van der Waals surface area contributed by atoms with Crippen LogP contribution in [-0.4, -0.2) is 37.0 Å². The Morgan fingerprint density at radius 2 is 2.16 bits per heavy atom. The van der Waals surface area contributed by atoms with Crippen LogP contribution in [-0.2, 0) is 21.1 Å². The Kier molecular flexibility index (Phi) is 5.14. The van der Waals surface area contributed by atoms with Gasteiger partial charge in [-0.25, -0.2) is 14.6 Å². The number of benzene rings is 1. The summed E-state index contributed by atoms with van der Waals surface area (Å²) >= 11 is 0. The molecule has 0 bridgehead atoms. The molecule has 0 unspecified atom stereocenters. The monoisotopic (exact) mass is 266 g/mol. The maximum atomic E-state index is 11.7. The number of hydrogen-bond acceptors (Lipinski definition) is 4. The molecule has 6 nitrogen and oxygen atoms in total. The zero-order chi connectivity index (χ0) is 13.5. The molecular weight excluding hydrogens is 248 g/mol. The number of nitrogens with zero attached hydrogens (tertiary/aromatic N) is 1. The van der Waals surface area contributed by atoms with Crippen LogP contribution in [0.4, 0.5) is 4.79 Å². The lowest BCUT2D eigenvalue weighted by Gasteiger charge is -2.25. The van der Waals surface area contributed by atoms with E-state index in [9.17, 15) is 4.79 Å². The van der Waals surface area contributed by atoms with E-state index in [2.05, 4.69) is 5.32 Å². The van der Waals surface area contributed by atoms with Crippen LogP contribution < -0.4 is 5.32 Å². The first-order valence-electron chi connectivity index (χ1n) is 6.18. The molecule has 1 fully saturated rings. The first kappa shape index (κ1) is 13.8. The summed E-state index contributed by atoms with van der Waals surface area (Å²) in [6.45, 7) is 3.03. The largest absolute Gasteiger partial charge is 0.375 e. The fourth-order valence-corrected chi connectivity index (χ4v) is 1.73. The number of nitrogens with one attached hydrogen (secondary N) is 1. The SMILES string of the molecule is C[C@H](COCc1ccccc1)N1COOCNC1=O. The van der Waals surface area contributed by atoms with E-state index in [0.29, 0.717) is 13.2 Å². The maximum Gasteiger partial charge on any atom is 0.321 e. The Morgan fingerprint density at radius 1 is 1.37 bits per heavy atom. The summed E-state index contributed by atoms with van der Waals surface area (Å²) in [6, 6.07) is 9.59. The van der Waals surface area contributed by atoms with Gasteiger partial charge in [0.2, 0.25) is 0 Å². The Balaban J connectivity index is 1.77. The highest BCUT2D eigenvalue weighted by Gasteiger charge is 2.22. The van der Waals surface area contributed by atoms with E-state index < -0.39 is 0 Å². The van der Waals surface area contributed by atoms with Gasteiger partial charge in [-0.3, -0.25) is 4.90 Å². The van der Waals surface area contributed by atoms with Crippen LogP contribution in [0.3, 0.4) is 0 Å². The number of amides is 2. The first-order chi connectivity index (χ1) is 9.27. The van der Waals surface area contributed by atoms with Gasteiger partial charge in [0.25, 0.3) is 0 Å². The third-order valence-electron chi connectivity index (χ3n) is 2.82. The molecule has 6 heteroatoms. The highest BCUT2D eigenvalue weighted by Crippen LogP contribution is 2.06. The van der Waals surface area contributed by atoms with E-state index in [1.807, 2.05) is 37.3 Å². The summed E-state index contributed by atoms with van der Waals surface area (Å²) in [6.07, 6.45) is 0. The van der Waals surface area contributed by atoms with E-state index in [1.54, 1.807) is 0 Å². The van der Waals surface area contributed by atoms with Gasteiger partial charge in [0.1, 0.15) is 0 Å². The Morgan fingerprint density at radius 3 is 2.95 bits per heavy atom. The lowest BCUT2D eigenvalue weighted by Crippen LogP contribution is -2.45. The molecule has 1 atom stereocenters. The second kappa shape index (κ2) is 7.08. The second-order valence-corrected chi connectivity index (χ2v) is 4.31. The van der Waals surface area contributed by atoms with Crippen molar-refractivity contribution in [1.82, 2.24) is 10.2 Å². The summed E-state index contributed by atoms with van der Waals surface area (Å²) in [5, 5.41) is 2.57. The highest BCUT2D eigenvalue weighted by atomic mass is 17.2. The van der Waals surface area contributed by atoms with E-state index in [0.717, 1.165) is 5.56 Å². The summed E-state index contributed by atoms with van der Waals surface area (Å²) in [4.78, 5) is 22.8. The van der Waals surface area contributed by atoms with Crippen LogP contribution in [0.15, 0.2) is 30.3 Å². The molecule has 0 spiro atoms. The average Bonchev–Trinajstić information content (AvgIpc) is 2.64. The number of ether oxygens (including phenoxy) is 1. The number of rotatable bonds is 5. The average molecular weight is 266 g/mol. The summed E-state index contributed by atoms with van der Waals surface area (Å²) in [5.41, 5.74) is 1.11. The molecule has 1 aromatic carbocycles. The van der Waals surface area contributed by atoms with Crippen LogP contribution in [0.2, 0.25) is 0 Å². The lowest BCUT2D eigenvalue weighted by molar-refractivity contribution is -0.306. The van der Waals surface area contributed by atoms with E-state index in [-0.39, 0.29) is 25.5 Å². The van der Waals surface area contributed by atoms with Crippen molar-refractivity contribution in [3.05, 3.63) is 35.9 Å². The normalized spacial score (nSPS) is 17.7. The van der Waals surface area contributed by atoms with Crippen molar-refractivity contribution in [2.75, 3.05) is 20.1 Å². The first-order valence-corrected chi connectivity index (χ1v) is 6.18. The molecule has 1 N–H and O–H groups in total. The third kappa shape index (κ3) is 4.20. The van der Waals surface area contributed by atoms with Gasteiger partial charge in [-0.1, -0.05) is 30.3 Å². The maximum absolute atomic E-state index is 11.7. The predicted molar refractivity (Wildman–Crippen MR) is 67.8 cm³/mol. The fourth-order valence-electron chi connectivity index (χ4n) is 1.73. The summed E-state index contributed by atoms with van der Waals surface area (Å²) in [5.74, 6) is 0. The fraction of sp³-hybridized carbons (Fsp3) is 0.462. The molecule has 0 aromatic heterocycles. The Bertz CT molecular complexity index is 399. The molecule has 104 valence electrons. The lowest BCUT2D eigenvalue weighted by atomic mass is 10.2. The van der Waals surface area contributed by atoms with E-state index in [1.165, 1.54) is 4.90 Å². The van der Waals surface area contributed by atoms with Crippen molar-refractivity contribution < 1.29 is 19.3 Å². The zero-order valence-corrected chi connectivity index (χ0v) is 10.9. The molecule has 1 aliphatic rings. The smallest absolute Gasteiger partial charge is 0.321 e. The van der Waals surface area contributed by atoms with E-state index in [4.69, 9.17) is 14.5 Å². The van der Waals surface area contributed by atoms with Gasteiger partial charge in [-0.05, 0) is 12.5 Å². The number of carbonyl (C=O) groups is 1. The molecule has 19 heavy (non-hydrogen) atoms. The molecule has 0 saturated carbocycles. The topological polar surface area (TPSA) is 60.0 Å². The van der Waals surface area contributed by atoms with Crippen LogP contribution in [0.1, 0.15) is 12.5 Å². The summed E-state index contributed by atoms with van der Waals surface area (Å²) < 4.78 is 5.61. The molecular formula is C13H18N2O4. The van der Waals surface area contributed by atoms with Gasteiger partial charge in [0.05, 0.1) is 19.3 Å². The van der Waals surface area contributed by atoms with Crippen molar-refractivity contribution in [1.29, 1.82) is 0 Å². The van der Waals surface area contributed by atoms with Gasteiger partial charge in [-0.15, -0.1) is 0 Å².